The largest absolute Gasteiger partial charge is 0.472 e. The van der Waals surface area contributed by atoms with Gasteiger partial charge in [0.2, 0.25) is 0 Å². The van der Waals surface area contributed by atoms with Crippen LogP contribution < -0.4 is 10.6 Å². The Morgan fingerprint density at radius 3 is 2.82 bits per heavy atom. The van der Waals surface area contributed by atoms with Gasteiger partial charge in [0, 0.05) is 19.3 Å². The smallest absolute Gasteiger partial charge is 0.257 e. The lowest BCUT2D eigenvalue weighted by molar-refractivity contribution is 0.0704. The molecular formula is C21H25N5O2. The van der Waals surface area contributed by atoms with E-state index in [0.29, 0.717) is 24.7 Å². The van der Waals surface area contributed by atoms with Crippen molar-refractivity contribution in [2.24, 2.45) is 4.99 Å². The third-order valence-electron chi connectivity index (χ3n) is 6.18. The fraction of sp³-hybridized carbons (Fsp3) is 0.476. The molecule has 7 heteroatoms. The summed E-state index contributed by atoms with van der Waals surface area (Å²) >= 11 is 0. The van der Waals surface area contributed by atoms with Gasteiger partial charge in [-0.1, -0.05) is 12.8 Å². The third kappa shape index (κ3) is 3.04. The first-order valence-electron chi connectivity index (χ1n) is 10.1. The molecule has 1 amide bonds. The maximum atomic E-state index is 12.7. The maximum Gasteiger partial charge on any atom is 0.257 e. The average molecular weight is 379 g/mol. The molecule has 0 atom stereocenters. The van der Waals surface area contributed by atoms with Gasteiger partial charge in [-0.25, -0.2) is 4.98 Å². The van der Waals surface area contributed by atoms with E-state index in [2.05, 4.69) is 15.6 Å². The minimum Gasteiger partial charge on any atom is -0.472 e. The summed E-state index contributed by atoms with van der Waals surface area (Å²) in [5, 5.41) is 7.23. The number of piperidine rings is 1. The second kappa shape index (κ2) is 6.96. The Bertz CT molecular complexity index is 878. The molecule has 1 spiro atoms. The van der Waals surface area contributed by atoms with Gasteiger partial charge < -0.3 is 20.0 Å². The number of rotatable bonds is 2. The molecule has 1 saturated heterocycles. The molecule has 28 heavy (non-hydrogen) atoms. The average Bonchev–Trinajstić information content (AvgIpc) is 3.43. The van der Waals surface area contributed by atoms with E-state index in [0.717, 1.165) is 43.0 Å². The Morgan fingerprint density at radius 2 is 2.07 bits per heavy atom. The molecule has 1 aliphatic carbocycles. The first kappa shape index (κ1) is 17.3. The predicted molar refractivity (Wildman–Crippen MR) is 108 cm³/mol. The van der Waals surface area contributed by atoms with Gasteiger partial charge >= 0.3 is 0 Å². The minimum atomic E-state index is -0.272. The summed E-state index contributed by atoms with van der Waals surface area (Å²) in [4.78, 5) is 24.2. The van der Waals surface area contributed by atoms with Gasteiger partial charge in [-0.05, 0) is 43.9 Å². The number of amides is 1. The molecule has 0 aromatic carbocycles. The van der Waals surface area contributed by atoms with Crippen molar-refractivity contribution in [1.29, 1.82) is 0 Å². The summed E-state index contributed by atoms with van der Waals surface area (Å²) in [6, 6.07) is 6.10. The Kier molecular flexibility index (Phi) is 4.30. The molecule has 146 valence electrons. The summed E-state index contributed by atoms with van der Waals surface area (Å²) in [6.07, 6.45) is 11.3. The van der Waals surface area contributed by atoms with Crippen molar-refractivity contribution in [3.05, 3.63) is 42.5 Å². The second-order valence-electron chi connectivity index (χ2n) is 7.95. The first-order valence-corrected chi connectivity index (χ1v) is 10.1. The number of nitrogens with one attached hydrogen (secondary N) is 2. The number of aromatic nitrogens is 1. The maximum absolute atomic E-state index is 12.7. The van der Waals surface area contributed by atoms with Crippen molar-refractivity contribution in [2.45, 2.75) is 50.1 Å². The topological polar surface area (TPSA) is 82.8 Å². The lowest BCUT2D eigenvalue weighted by Gasteiger charge is -2.46. The molecule has 1 saturated carbocycles. The van der Waals surface area contributed by atoms with Crippen molar-refractivity contribution in [3.8, 4) is 0 Å². The number of carbonyl (C=O) groups is 1. The Labute approximate surface area is 164 Å². The van der Waals surface area contributed by atoms with E-state index >= 15 is 0 Å². The molecule has 2 aromatic rings. The van der Waals surface area contributed by atoms with Crippen LogP contribution in [0.3, 0.4) is 0 Å². The van der Waals surface area contributed by atoms with E-state index < -0.39 is 0 Å². The third-order valence-corrected chi connectivity index (χ3v) is 6.18. The zero-order valence-corrected chi connectivity index (χ0v) is 15.9. The number of aliphatic imine (C=N–C) groups is 1. The Morgan fingerprint density at radius 1 is 1.25 bits per heavy atom. The van der Waals surface area contributed by atoms with Gasteiger partial charge in [0.05, 0.1) is 29.1 Å². The van der Waals surface area contributed by atoms with E-state index in [1.807, 2.05) is 17.0 Å². The minimum absolute atomic E-state index is 0.0312. The Balaban J connectivity index is 1.40. The molecule has 4 heterocycles. The highest BCUT2D eigenvalue weighted by Crippen LogP contribution is 2.37. The number of fused-ring (bicyclic) bond motifs is 1. The highest BCUT2D eigenvalue weighted by Gasteiger charge is 2.44. The Hall–Kier alpha value is -2.83. The first-order chi connectivity index (χ1) is 13.7. The predicted octanol–water partition coefficient (Wildman–Crippen LogP) is 3.53. The van der Waals surface area contributed by atoms with E-state index in [4.69, 9.17) is 9.41 Å². The van der Waals surface area contributed by atoms with Crippen molar-refractivity contribution in [2.75, 3.05) is 23.7 Å². The van der Waals surface area contributed by atoms with Crippen molar-refractivity contribution in [3.63, 3.8) is 0 Å². The molecule has 0 bridgehead atoms. The number of likely N-dealkylation sites (tertiary alicyclic amines) is 1. The van der Waals surface area contributed by atoms with Crippen molar-refractivity contribution >= 4 is 23.2 Å². The van der Waals surface area contributed by atoms with Gasteiger partial charge in [0.1, 0.15) is 12.1 Å². The number of amidine groups is 1. The molecule has 2 aliphatic heterocycles. The van der Waals surface area contributed by atoms with E-state index in [-0.39, 0.29) is 11.4 Å². The number of furan rings is 1. The standard InChI is InChI=1S/C21H25N5O2/c27-19(15-7-13-28-14-15)26-11-8-21(9-12-26)20(23-16-4-1-2-5-16)24-18-17(25-21)6-3-10-22-18/h3,6-7,10,13-14,16,25H,1-2,4-5,8-9,11-12H2,(H,22,23,24). The molecular weight excluding hydrogens is 354 g/mol. The van der Waals surface area contributed by atoms with Crippen LogP contribution >= 0.6 is 0 Å². The van der Waals surface area contributed by atoms with Gasteiger partial charge in [0.15, 0.2) is 5.82 Å². The number of pyridine rings is 1. The number of anilines is 2. The highest BCUT2D eigenvalue weighted by molar-refractivity contribution is 6.09. The van der Waals surface area contributed by atoms with Crippen LogP contribution in [0.15, 0.2) is 46.3 Å². The molecule has 5 rings (SSSR count). The molecule has 2 N–H and O–H groups in total. The van der Waals surface area contributed by atoms with Crippen LogP contribution in [0.1, 0.15) is 48.9 Å². The fourth-order valence-electron chi connectivity index (χ4n) is 4.55. The molecule has 7 nitrogen and oxygen atoms in total. The van der Waals surface area contributed by atoms with E-state index in [1.165, 1.54) is 19.1 Å². The lowest BCUT2D eigenvalue weighted by Crippen LogP contribution is -2.59. The zero-order chi connectivity index (χ0) is 19.0. The van der Waals surface area contributed by atoms with Crippen LogP contribution in [0.4, 0.5) is 11.5 Å². The van der Waals surface area contributed by atoms with Gasteiger partial charge in [0.25, 0.3) is 5.91 Å². The normalized spacial score (nSPS) is 22.7. The number of nitrogens with zero attached hydrogens (tertiary/aromatic N) is 3. The van der Waals surface area contributed by atoms with Crippen LogP contribution in [0.25, 0.3) is 0 Å². The molecule has 0 radical (unpaired) electrons. The molecule has 2 aromatic heterocycles. The summed E-state index contributed by atoms with van der Waals surface area (Å²) in [5.41, 5.74) is 1.34. The molecule has 2 fully saturated rings. The second-order valence-corrected chi connectivity index (χ2v) is 7.95. The van der Waals surface area contributed by atoms with Crippen LogP contribution in [-0.4, -0.2) is 46.3 Å². The van der Waals surface area contributed by atoms with Gasteiger partial charge in [-0.3, -0.25) is 9.79 Å². The van der Waals surface area contributed by atoms with E-state index in [9.17, 15) is 4.79 Å². The van der Waals surface area contributed by atoms with Crippen LogP contribution in [0, 0.1) is 0 Å². The summed E-state index contributed by atoms with van der Waals surface area (Å²) in [6.45, 7) is 1.36. The summed E-state index contributed by atoms with van der Waals surface area (Å²) in [5.74, 6) is 1.85. The SMILES string of the molecule is O=C(c1ccoc1)N1CCC2(CC1)Nc1cccnc1NC2=NC1CCCC1. The molecule has 0 unspecified atom stereocenters. The fourth-order valence-corrected chi connectivity index (χ4v) is 4.55. The van der Waals surface area contributed by atoms with Crippen LogP contribution in [0.5, 0.6) is 0 Å². The number of hydrogen-bond acceptors (Lipinski definition) is 5. The van der Waals surface area contributed by atoms with Crippen molar-refractivity contribution in [1.82, 2.24) is 9.88 Å². The number of carbonyl (C=O) groups excluding carboxylic acids is 1. The highest BCUT2D eigenvalue weighted by atomic mass is 16.3. The lowest BCUT2D eigenvalue weighted by atomic mass is 9.84. The number of hydrogen-bond donors (Lipinski definition) is 2. The molecule has 3 aliphatic rings. The van der Waals surface area contributed by atoms with Gasteiger partial charge in [-0.15, -0.1) is 0 Å². The monoisotopic (exact) mass is 379 g/mol. The van der Waals surface area contributed by atoms with Crippen LogP contribution in [-0.2, 0) is 0 Å². The van der Waals surface area contributed by atoms with Crippen molar-refractivity contribution < 1.29 is 9.21 Å². The summed E-state index contributed by atoms with van der Waals surface area (Å²) in [7, 11) is 0. The van der Waals surface area contributed by atoms with Gasteiger partial charge in [-0.2, -0.15) is 0 Å². The van der Waals surface area contributed by atoms with E-state index in [1.54, 1.807) is 18.5 Å². The van der Waals surface area contributed by atoms with Crippen LogP contribution in [0.2, 0.25) is 0 Å². The quantitative estimate of drug-likeness (QED) is 0.834. The summed E-state index contributed by atoms with van der Waals surface area (Å²) < 4.78 is 5.07. The zero-order valence-electron chi connectivity index (χ0n) is 15.9.